The second-order valence-electron chi connectivity index (χ2n) is 4.73. The molecule has 1 heterocycles. The maximum Gasteiger partial charge on any atom is 0.446 e. The summed E-state index contributed by atoms with van der Waals surface area (Å²) in [5.41, 5.74) is -3.44. The highest BCUT2D eigenvalue weighted by molar-refractivity contribution is 8.00. The van der Waals surface area contributed by atoms with Crippen molar-refractivity contribution in [3.05, 3.63) is 23.8 Å². The molecule has 0 saturated carbocycles. The van der Waals surface area contributed by atoms with Gasteiger partial charge in [-0.2, -0.15) is 13.2 Å². The third-order valence-electron chi connectivity index (χ3n) is 3.05. The Morgan fingerprint density at radius 1 is 1.45 bits per heavy atom. The van der Waals surface area contributed by atoms with Gasteiger partial charge in [0.15, 0.2) is 0 Å². The first-order valence-corrected chi connectivity index (χ1v) is 7.05. The Hall–Kier alpha value is -1.21. The zero-order valence-corrected chi connectivity index (χ0v) is 11.7. The summed E-state index contributed by atoms with van der Waals surface area (Å²) in [7, 11) is 0. The molecule has 3 nitrogen and oxygen atoms in total. The van der Waals surface area contributed by atoms with Crippen molar-refractivity contribution in [3.63, 3.8) is 0 Å². The number of aryl methyl sites for hydroxylation is 1. The Balaban J connectivity index is 2.15. The highest BCUT2D eigenvalue weighted by atomic mass is 32.2. The van der Waals surface area contributed by atoms with Crippen molar-refractivity contribution in [2.24, 2.45) is 5.92 Å². The van der Waals surface area contributed by atoms with Crippen molar-refractivity contribution >= 4 is 23.4 Å². The van der Waals surface area contributed by atoms with Gasteiger partial charge in [-0.25, -0.2) is 0 Å². The van der Waals surface area contributed by atoms with Gasteiger partial charge < -0.3 is 10.6 Å². The van der Waals surface area contributed by atoms with Gasteiger partial charge in [0.25, 0.3) is 0 Å². The number of nitrogens with one attached hydrogen (secondary N) is 2. The quantitative estimate of drug-likeness (QED) is 0.843. The number of carbonyl (C=O) groups excluding carboxylic acids is 1. The highest BCUT2D eigenvalue weighted by Crippen LogP contribution is 2.41. The summed E-state index contributed by atoms with van der Waals surface area (Å²) in [5, 5.41) is 5.66. The molecule has 1 aliphatic heterocycles. The Bertz CT molecular complexity index is 499. The van der Waals surface area contributed by atoms with Gasteiger partial charge in [0.05, 0.1) is 11.6 Å². The molecular formula is C13H15F3N2OS. The standard InChI is InChI=1S/C13H15F3N2OS/c1-8-2-3-10(11(6-8)20-13(14,15)16)18-12(19)9-4-5-17-7-9/h2-3,6,9,17H,4-5,7H2,1H3,(H,18,19)/t9-/m1/s1. The minimum atomic E-state index is -4.37. The van der Waals surface area contributed by atoms with Crippen LogP contribution in [0, 0.1) is 12.8 Å². The molecule has 20 heavy (non-hydrogen) atoms. The third kappa shape index (κ3) is 4.14. The second kappa shape index (κ2) is 6.05. The monoisotopic (exact) mass is 304 g/mol. The molecule has 0 aromatic heterocycles. The van der Waals surface area contributed by atoms with E-state index in [-0.39, 0.29) is 34.2 Å². The number of hydrogen-bond acceptors (Lipinski definition) is 3. The fraction of sp³-hybridized carbons (Fsp3) is 0.462. The highest BCUT2D eigenvalue weighted by Gasteiger charge is 2.31. The number of alkyl halides is 3. The third-order valence-corrected chi connectivity index (χ3v) is 3.84. The second-order valence-corrected chi connectivity index (χ2v) is 5.83. The Morgan fingerprint density at radius 2 is 2.20 bits per heavy atom. The van der Waals surface area contributed by atoms with Gasteiger partial charge in [-0.3, -0.25) is 4.79 Å². The fourth-order valence-corrected chi connectivity index (χ4v) is 2.78. The molecule has 0 unspecified atom stereocenters. The van der Waals surface area contributed by atoms with E-state index < -0.39 is 5.51 Å². The van der Waals surface area contributed by atoms with Crippen molar-refractivity contribution in [1.82, 2.24) is 5.32 Å². The number of benzene rings is 1. The number of rotatable bonds is 3. The molecule has 1 aliphatic rings. The number of hydrogen-bond donors (Lipinski definition) is 2. The van der Waals surface area contributed by atoms with Crippen LogP contribution < -0.4 is 10.6 Å². The summed E-state index contributed by atoms with van der Waals surface area (Å²) in [5.74, 6) is -0.414. The smallest absolute Gasteiger partial charge is 0.325 e. The Kier molecular flexibility index (Phi) is 4.59. The molecular weight excluding hydrogens is 289 g/mol. The van der Waals surface area contributed by atoms with E-state index in [9.17, 15) is 18.0 Å². The van der Waals surface area contributed by atoms with Crippen LogP contribution in [0.2, 0.25) is 0 Å². The maximum absolute atomic E-state index is 12.5. The van der Waals surface area contributed by atoms with Crippen molar-refractivity contribution < 1.29 is 18.0 Å². The molecule has 1 amide bonds. The lowest BCUT2D eigenvalue weighted by Gasteiger charge is -2.15. The molecule has 1 saturated heterocycles. The van der Waals surface area contributed by atoms with E-state index >= 15 is 0 Å². The molecule has 110 valence electrons. The molecule has 7 heteroatoms. The zero-order valence-electron chi connectivity index (χ0n) is 10.9. The van der Waals surface area contributed by atoms with Crippen LogP contribution in [0.15, 0.2) is 23.1 Å². The number of amides is 1. The summed E-state index contributed by atoms with van der Waals surface area (Å²) >= 11 is -0.204. The Labute approximate surface area is 119 Å². The van der Waals surface area contributed by atoms with Crippen LogP contribution in [0.3, 0.4) is 0 Å². The van der Waals surface area contributed by atoms with Gasteiger partial charge in [-0.05, 0) is 49.3 Å². The van der Waals surface area contributed by atoms with E-state index in [1.54, 1.807) is 13.0 Å². The number of carbonyl (C=O) groups is 1. The topological polar surface area (TPSA) is 41.1 Å². The van der Waals surface area contributed by atoms with E-state index in [1.807, 2.05) is 0 Å². The van der Waals surface area contributed by atoms with Crippen LogP contribution in [-0.2, 0) is 4.79 Å². The zero-order chi connectivity index (χ0) is 14.8. The molecule has 1 fully saturated rings. The van der Waals surface area contributed by atoms with Gasteiger partial charge in [0.2, 0.25) is 5.91 Å². The minimum Gasteiger partial charge on any atom is -0.325 e. The number of anilines is 1. The van der Waals surface area contributed by atoms with E-state index in [2.05, 4.69) is 10.6 Å². The Morgan fingerprint density at radius 3 is 2.80 bits per heavy atom. The molecule has 0 spiro atoms. The van der Waals surface area contributed by atoms with E-state index in [4.69, 9.17) is 0 Å². The van der Waals surface area contributed by atoms with Crippen LogP contribution in [0.5, 0.6) is 0 Å². The van der Waals surface area contributed by atoms with Gasteiger partial charge in [0, 0.05) is 11.4 Å². The summed E-state index contributed by atoms with van der Waals surface area (Å²) < 4.78 is 37.6. The first kappa shape index (κ1) is 15.2. The summed E-state index contributed by atoms with van der Waals surface area (Å²) in [4.78, 5) is 12.0. The average molecular weight is 304 g/mol. The normalized spacial score (nSPS) is 19.1. The molecule has 2 rings (SSSR count). The van der Waals surface area contributed by atoms with Crippen LogP contribution >= 0.6 is 11.8 Å². The summed E-state index contributed by atoms with van der Waals surface area (Å²) in [6.45, 7) is 3.04. The summed E-state index contributed by atoms with van der Waals surface area (Å²) in [6, 6.07) is 4.63. The van der Waals surface area contributed by atoms with Crippen molar-refractivity contribution in [2.75, 3.05) is 18.4 Å². The van der Waals surface area contributed by atoms with Gasteiger partial charge in [0.1, 0.15) is 0 Å². The lowest BCUT2D eigenvalue weighted by molar-refractivity contribution is -0.119. The van der Waals surface area contributed by atoms with Crippen LogP contribution in [0.4, 0.5) is 18.9 Å². The average Bonchev–Trinajstić information content (AvgIpc) is 2.84. The molecule has 0 aliphatic carbocycles. The molecule has 1 aromatic carbocycles. The molecule has 1 atom stereocenters. The van der Waals surface area contributed by atoms with Crippen LogP contribution in [0.25, 0.3) is 0 Å². The predicted molar refractivity (Wildman–Crippen MR) is 72.7 cm³/mol. The predicted octanol–water partition coefficient (Wildman–Crippen LogP) is 3.15. The lowest BCUT2D eigenvalue weighted by Crippen LogP contribution is -2.25. The van der Waals surface area contributed by atoms with Crippen LogP contribution in [-0.4, -0.2) is 24.5 Å². The van der Waals surface area contributed by atoms with Crippen molar-refractivity contribution in [3.8, 4) is 0 Å². The van der Waals surface area contributed by atoms with Crippen molar-refractivity contribution in [2.45, 2.75) is 23.7 Å². The summed E-state index contributed by atoms with van der Waals surface area (Å²) in [6.07, 6.45) is 0.708. The first-order chi connectivity index (χ1) is 9.35. The molecule has 2 N–H and O–H groups in total. The van der Waals surface area contributed by atoms with Gasteiger partial charge in [-0.1, -0.05) is 6.07 Å². The van der Waals surface area contributed by atoms with Crippen LogP contribution in [0.1, 0.15) is 12.0 Å². The molecule has 0 radical (unpaired) electrons. The van der Waals surface area contributed by atoms with Gasteiger partial charge >= 0.3 is 5.51 Å². The number of thioether (sulfide) groups is 1. The van der Waals surface area contributed by atoms with Gasteiger partial charge in [-0.15, -0.1) is 0 Å². The van der Waals surface area contributed by atoms with E-state index in [0.717, 1.165) is 12.1 Å². The largest absolute Gasteiger partial charge is 0.446 e. The lowest BCUT2D eigenvalue weighted by atomic mass is 10.1. The number of halogens is 3. The minimum absolute atomic E-state index is 0.0248. The maximum atomic E-state index is 12.5. The first-order valence-electron chi connectivity index (χ1n) is 6.23. The fourth-order valence-electron chi connectivity index (χ4n) is 2.06. The van der Waals surface area contributed by atoms with Crippen molar-refractivity contribution in [1.29, 1.82) is 0 Å². The molecule has 0 bridgehead atoms. The van der Waals surface area contributed by atoms with E-state index in [1.165, 1.54) is 12.1 Å². The molecule has 1 aromatic rings. The SMILES string of the molecule is Cc1ccc(NC(=O)[C@@H]2CCNC2)c(SC(F)(F)F)c1. The van der Waals surface area contributed by atoms with E-state index in [0.29, 0.717) is 13.0 Å².